The van der Waals surface area contributed by atoms with Crippen molar-refractivity contribution in [2.45, 2.75) is 19.3 Å². The molecule has 6 nitrogen and oxygen atoms in total. The predicted octanol–water partition coefficient (Wildman–Crippen LogP) is 3.40. The summed E-state index contributed by atoms with van der Waals surface area (Å²) >= 11 is 0. The van der Waals surface area contributed by atoms with Gasteiger partial charge in [0.1, 0.15) is 11.5 Å². The smallest absolute Gasteiger partial charge is 0.303 e. The third-order valence-corrected chi connectivity index (χ3v) is 4.11. The molecule has 0 radical (unpaired) electrons. The summed E-state index contributed by atoms with van der Waals surface area (Å²) in [7, 11) is 3.14. The second-order valence-corrected chi connectivity index (χ2v) is 5.81. The molecule has 0 saturated carbocycles. The van der Waals surface area contributed by atoms with Gasteiger partial charge in [-0.05, 0) is 17.7 Å². The van der Waals surface area contributed by atoms with Gasteiger partial charge in [-0.1, -0.05) is 30.3 Å². The van der Waals surface area contributed by atoms with Crippen LogP contribution < -0.4 is 9.47 Å². The molecule has 1 atom stereocenters. The Balaban J connectivity index is 2.08. The SMILES string of the molecule is COc1cc(C(OC(C)=O)c2ccccc2)cc(OC)c1C1OCCO1. The Morgan fingerprint density at radius 2 is 1.58 bits per heavy atom. The van der Waals surface area contributed by atoms with E-state index in [1.165, 1.54) is 6.92 Å². The Morgan fingerprint density at radius 1 is 1.00 bits per heavy atom. The van der Waals surface area contributed by atoms with Crippen molar-refractivity contribution in [3.8, 4) is 11.5 Å². The molecular formula is C20H22O6. The van der Waals surface area contributed by atoms with Gasteiger partial charge in [0.25, 0.3) is 0 Å². The monoisotopic (exact) mass is 358 g/mol. The van der Waals surface area contributed by atoms with Gasteiger partial charge in [-0.15, -0.1) is 0 Å². The normalized spacial score (nSPS) is 15.5. The Kier molecular flexibility index (Phi) is 5.75. The van der Waals surface area contributed by atoms with Crippen LogP contribution in [0.1, 0.15) is 36.0 Å². The van der Waals surface area contributed by atoms with E-state index < -0.39 is 12.4 Å². The minimum atomic E-state index is -0.573. The Bertz CT molecular complexity index is 727. The Hall–Kier alpha value is -2.57. The highest BCUT2D eigenvalue weighted by molar-refractivity contribution is 5.67. The number of esters is 1. The van der Waals surface area contributed by atoms with Gasteiger partial charge in [0.2, 0.25) is 0 Å². The lowest BCUT2D eigenvalue weighted by Crippen LogP contribution is -2.12. The second kappa shape index (κ2) is 8.21. The number of benzene rings is 2. The minimum Gasteiger partial charge on any atom is -0.496 e. The molecule has 138 valence electrons. The molecule has 0 amide bonds. The van der Waals surface area contributed by atoms with E-state index in [0.29, 0.717) is 30.3 Å². The first kappa shape index (κ1) is 18.2. The highest BCUT2D eigenvalue weighted by Crippen LogP contribution is 2.42. The predicted molar refractivity (Wildman–Crippen MR) is 94.2 cm³/mol. The number of carbonyl (C=O) groups is 1. The van der Waals surface area contributed by atoms with Crippen molar-refractivity contribution in [2.24, 2.45) is 0 Å². The fraction of sp³-hybridized carbons (Fsp3) is 0.350. The van der Waals surface area contributed by atoms with Crippen LogP contribution in [0.15, 0.2) is 42.5 Å². The van der Waals surface area contributed by atoms with Crippen molar-refractivity contribution >= 4 is 5.97 Å². The molecular weight excluding hydrogens is 336 g/mol. The maximum atomic E-state index is 11.7. The van der Waals surface area contributed by atoms with E-state index in [1.54, 1.807) is 14.2 Å². The maximum Gasteiger partial charge on any atom is 0.303 e. The summed E-state index contributed by atoms with van der Waals surface area (Å²) in [6.45, 7) is 2.41. The molecule has 0 spiro atoms. The van der Waals surface area contributed by atoms with Crippen LogP contribution in [0, 0.1) is 0 Å². The zero-order valence-corrected chi connectivity index (χ0v) is 15.1. The first-order valence-corrected chi connectivity index (χ1v) is 8.35. The summed E-state index contributed by atoms with van der Waals surface area (Å²) < 4.78 is 27.9. The molecule has 1 heterocycles. The minimum absolute atomic E-state index is 0.372. The van der Waals surface area contributed by atoms with Crippen LogP contribution in [0.5, 0.6) is 11.5 Å². The van der Waals surface area contributed by atoms with Crippen LogP contribution in [-0.4, -0.2) is 33.4 Å². The molecule has 2 aromatic carbocycles. The first-order valence-electron chi connectivity index (χ1n) is 8.35. The number of methoxy groups -OCH3 is 2. The number of carbonyl (C=O) groups excluding carboxylic acids is 1. The maximum absolute atomic E-state index is 11.7. The van der Waals surface area contributed by atoms with Gasteiger partial charge in [-0.2, -0.15) is 0 Å². The molecule has 1 saturated heterocycles. The highest BCUT2D eigenvalue weighted by atomic mass is 16.7. The fourth-order valence-electron chi connectivity index (χ4n) is 2.99. The van der Waals surface area contributed by atoms with Gasteiger partial charge >= 0.3 is 5.97 Å². The van der Waals surface area contributed by atoms with Crippen molar-refractivity contribution < 1.29 is 28.5 Å². The molecule has 0 bridgehead atoms. The van der Waals surface area contributed by atoms with Gasteiger partial charge in [0.15, 0.2) is 12.4 Å². The van der Waals surface area contributed by atoms with Gasteiger partial charge in [-0.25, -0.2) is 0 Å². The number of ether oxygens (including phenoxy) is 5. The zero-order valence-electron chi connectivity index (χ0n) is 15.1. The standard InChI is InChI=1S/C20H22O6/c1-13(21)26-19(14-7-5-4-6-8-14)15-11-16(22-2)18(17(12-15)23-3)20-24-9-10-25-20/h4-8,11-12,19-20H,9-10H2,1-3H3. The molecule has 26 heavy (non-hydrogen) atoms. The van der Waals surface area contributed by atoms with Crippen LogP contribution in [0.3, 0.4) is 0 Å². The fourth-order valence-corrected chi connectivity index (χ4v) is 2.99. The highest BCUT2D eigenvalue weighted by Gasteiger charge is 2.29. The Labute approximate surface area is 152 Å². The van der Waals surface area contributed by atoms with Gasteiger partial charge in [0.05, 0.1) is 33.0 Å². The van der Waals surface area contributed by atoms with Crippen molar-refractivity contribution in [2.75, 3.05) is 27.4 Å². The summed E-state index contributed by atoms with van der Waals surface area (Å²) in [5.74, 6) is 0.738. The topological polar surface area (TPSA) is 63.2 Å². The molecule has 2 aromatic rings. The van der Waals surface area contributed by atoms with Crippen LogP contribution in [0.2, 0.25) is 0 Å². The second-order valence-electron chi connectivity index (χ2n) is 5.81. The van der Waals surface area contributed by atoms with Crippen molar-refractivity contribution in [1.82, 2.24) is 0 Å². The van der Waals surface area contributed by atoms with Crippen molar-refractivity contribution in [3.63, 3.8) is 0 Å². The summed E-state index contributed by atoms with van der Waals surface area (Å²) in [6.07, 6.45) is -1.12. The average Bonchev–Trinajstić information content (AvgIpc) is 3.19. The van der Waals surface area contributed by atoms with Crippen LogP contribution in [-0.2, 0) is 19.0 Å². The van der Waals surface area contributed by atoms with Gasteiger partial charge in [0, 0.05) is 12.5 Å². The number of hydrogen-bond acceptors (Lipinski definition) is 6. The van der Waals surface area contributed by atoms with Gasteiger partial charge < -0.3 is 23.7 Å². The van der Waals surface area contributed by atoms with Crippen molar-refractivity contribution in [3.05, 3.63) is 59.2 Å². The van der Waals surface area contributed by atoms with E-state index >= 15 is 0 Å². The summed E-state index contributed by atoms with van der Waals surface area (Å²) in [6, 6.07) is 13.2. The van der Waals surface area contributed by atoms with Crippen LogP contribution in [0.4, 0.5) is 0 Å². The Morgan fingerprint density at radius 3 is 2.08 bits per heavy atom. The third kappa shape index (κ3) is 3.81. The molecule has 6 heteroatoms. The van der Waals surface area contributed by atoms with E-state index in [1.807, 2.05) is 42.5 Å². The van der Waals surface area contributed by atoms with E-state index in [0.717, 1.165) is 11.1 Å². The third-order valence-electron chi connectivity index (χ3n) is 4.11. The average molecular weight is 358 g/mol. The molecule has 1 aliphatic rings. The lowest BCUT2D eigenvalue weighted by Gasteiger charge is -2.23. The van der Waals surface area contributed by atoms with E-state index in [9.17, 15) is 4.79 Å². The molecule has 1 fully saturated rings. The zero-order chi connectivity index (χ0) is 18.5. The van der Waals surface area contributed by atoms with Crippen molar-refractivity contribution in [1.29, 1.82) is 0 Å². The summed E-state index contributed by atoms with van der Waals surface area (Å²) in [4.78, 5) is 11.7. The van der Waals surface area contributed by atoms with Crippen LogP contribution >= 0.6 is 0 Å². The van der Waals surface area contributed by atoms with Gasteiger partial charge in [-0.3, -0.25) is 4.79 Å². The number of rotatable bonds is 6. The first-order chi connectivity index (χ1) is 12.6. The number of hydrogen-bond donors (Lipinski definition) is 0. The summed E-state index contributed by atoms with van der Waals surface area (Å²) in [5.41, 5.74) is 2.28. The largest absolute Gasteiger partial charge is 0.496 e. The van der Waals surface area contributed by atoms with Crippen LogP contribution in [0.25, 0.3) is 0 Å². The summed E-state index contributed by atoms with van der Waals surface area (Å²) in [5, 5.41) is 0. The van der Waals surface area contributed by atoms with E-state index in [2.05, 4.69) is 0 Å². The molecule has 3 rings (SSSR count). The molecule has 0 N–H and O–H groups in total. The lowest BCUT2D eigenvalue weighted by molar-refractivity contribution is -0.144. The lowest BCUT2D eigenvalue weighted by atomic mass is 9.98. The molecule has 0 aliphatic carbocycles. The molecule has 1 aliphatic heterocycles. The molecule has 1 unspecified atom stereocenters. The van der Waals surface area contributed by atoms with E-state index in [-0.39, 0.29) is 5.97 Å². The molecule has 0 aromatic heterocycles. The van der Waals surface area contributed by atoms with E-state index in [4.69, 9.17) is 23.7 Å². The quantitative estimate of drug-likeness (QED) is 0.738.